The molecule has 1 aromatic carbocycles. The largest absolute Gasteiger partial charge is 0.397 e. The number of nitrogens with zero attached hydrogens (tertiary/aromatic N) is 1. The topological polar surface area (TPSA) is 76.8 Å². The molecule has 1 unspecified atom stereocenters. The van der Waals surface area contributed by atoms with E-state index in [1.165, 1.54) is 4.90 Å². The highest BCUT2D eigenvalue weighted by Gasteiger charge is 2.15. The van der Waals surface area contributed by atoms with Gasteiger partial charge in [-0.1, -0.05) is 0 Å². The molecule has 1 aromatic rings. The van der Waals surface area contributed by atoms with Gasteiger partial charge in [0.25, 0.3) is 5.91 Å². The second-order valence-electron chi connectivity index (χ2n) is 4.95. The van der Waals surface area contributed by atoms with Crippen molar-refractivity contribution >= 4 is 17.3 Å². The lowest BCUT2D eigenvalue weighted by atomic mass is 10.1. The molecule has 1 amide bonds. The summed E-state index contributed by atoms with van der Waals surface area (Å²) < 4.78 is 10.9. The number of rotatable bonds is 4. The van der Waals surface area contributed by atoms with Crippen molar-refractivity contribution in [3.8, 4) is 0 Å². The molecule has 6 heteroatoms. The molecule has 0 aliphatic carbocycles. The molecule has 6 nitrogen and oxygen atoms in total. The Hall–Kier alpha value is -1.79. The molecule has 1 fully saturated rings. The molecule has 1 saturated heterocycles. The molecule has 3 N–H and O–H groups in total. The molecule has 1 atom stereocenters. The maximum atomic E-state index is 11.9. The molecule has 0 spiro atoms. The molecular weight excluding hydrogens is 258 g/mol. The Labute approximate surface area is 118 Å². The summed E-state index contributed by atoms with van der Waals surface area (Å²) in [7, 11) is 3.44. The summed E-state index contributed by atoms with van der Waals surface area (Å²) in [6, 6.07) is 5.22. The van der Waals surface area contributed by atoms with Crippen LogP contribution >= 0.6 is 0 Å². The first kappa shape index (κ1) is 14.6. The van der Waals surface area contributed by atoms with Gasteiger partial charge >= 0.3 is 0 Å². The summed E-state index contributed by atoms with van der Waals surface area (Å²) in [6.07, 6.45) is 0.0105. The van der Waals surface area contributed by atoms with Crippen molar-refractivity contribution in [2.75, 3.05) is 51.5 Å². The van der Waals surface area contributed by atoms with E-state index in [1.807, 2.05) is 0 Å². The van der Waals surface area contributed by atoms with Crippen LogP contribution in [0.4, 0.5) is 11.4 Å². The molecule has 0 aromatic heterocycles. The Kier molecular flexibility index (Phi) is 4.81. The lowest BCUT2D eigenvalue weighted by Gasteiger charge is -2.24. The van der Waals surface area contributed by atoms with Gasteiger partial charge in [-0.3, -0.25) is 4.79 Å². The van der Waals surface area contributed by atoms with Crippen molar-refractivity contribution in [3.05, 3.63) is 23.8 Å². The zero-order chi connectivity index (χ0) is 14.5. The van der Waals surface area contributed by atoms with Gasteiger partial charge < -0.3 is 25.4 Å². The number of nitrogens with two attached hydrogens (primary N) is 1. The predicted octanol–water partition coefficient (Wildman–Crippen LogP) is 0.798. The third-order valence-electron chi connectivity index (χ3n) is 3.11. The van der Waals surface area contributed by atoms with E-state index >= 15 is 0 Å². The second kappa shape index (κ2) is 6.58. The summed E-state index contributed by atoms with van der Waals surface area (Å²) in [4.78, 5) is 13.5. The van der Waals surface area contributed by atoms with E-state index in [9.17, 15) is 4.79 Å². The van der Waals surface area contributed by atoms with Crippen LogP contribution in [0.5, 0.6) is 0 Å². The van der Waals surface area contributed by atoms with Crippen LogP contribution in [0.25, 0.3) is 0 Å². The van der Waals surface area contributed by atoms with Gasteiger partial charge in [0, 0.05) is 26.2 Å². The molecule has 0 radical (unpaired) electrons. The summed E-state index contributed by atoms with van der Waals surface area (Å²) >= 11 is 0. The zero-order valence-corrected chi connectivity index (χ0v) is 11.9. The molecule has 1 aliphatic heterocycles. The van der Waals surface area contributed by atoms with Gasteiger partial charge in [-0.2, -0.15) is 0 Å². The van der Waals surface area contributed by atoms with Crippen LogP contribution in [0.3, 0.4) is 0 Å². The van der Waals surface area contributed by atoms with E-state index < -0.39 is 0 Å². The fourth-order valence-corrected chi connectivity index (χ4v) is 1.98. The zero-order valence-electron chi connectivity index (χ0n) is 11.9. The SMILES string of the molecule is CN(C)C(=O)c1ccc(N)c(NCC2COCCO2)c1. The number of nitrogens with one attached hydrogen (secondary N) is 1. The van der Waals surface area contributed by atoms with E-state index in [0.29, 0.717) is 37.6 Å². The van der Waals surface area contributed by atoms with E-state index in [0.717, 1.165) is 5.69 Å². The number of carbonyl (C=O) groups excluding carboxylic acids is 1. The molecule has 20 heavy (non-hydrogen) atoms. The fourth-order valence-electron chi connectivity index (χ4n) is 1.98. The van der Waals surface area contributed by atoms with Crippen molar-refractivity contribution < 1.29 is 14.3 Å². The first-order chi connectivity index (χ1) is 9.58. The van der Waals surface area contributed by atoms with Gasteiger partial charge in [0.05, 0.1) is 37.3 Å². The number of hydrogen-bond donors (Lipinski definition) is 2. The summed E-state index contributed by atoms with van der Waals surface area (Å²) in [5.41, 5.74) is 7.88. The average Bonchev–Trinajstić information content (AvgIpc) is 2.46. The first-order valence-electron chi connectivity index (χ1n) is 6.62. The Morgan fingerprint density at radius 3 is 2.90 bits per heavy atom. The minimum absolute atomic E-state index is 0.0105. The van der Waals surface area contributed by atoms with E-state index in [2.05, 4.69) is 5.32 Å². The maximum Gasteiger partial charge on any atom is 0.253 e. The Morgan fingerprint density at radius 2 is 2.25 bits per heavy atom. The quantitative estimate of drug-likeness (QED) is 0.797. The second-order valence-corrected chi connectivity index (χ2v) is 4.95. The van der Waals surface area contributed by atoms with Crippen LogP contribution in [0, 0.1) is 0 Å². The summed E-state index contributed by atoms with van der Waals surface area (Å²) in [6.45, 7) is 2.43. The van der Waals surface area contributed by atoms with Crippen molar-refractivity contribution in [2.24, 2.45) is 0 Å². The third kappa shape index (κ3) is 3.61. The highest BCUT2D eigenvalue weighted by atomic mass is 16.6. The number of hydrogen-bond acceptors (Lipinski definition) is 5. The van der Waals surface area contributed by atoms with Crippen molar-refractivity contribution in [1.29, 1.82) is 0 Å². The van der Waals surface area contributed by atoms with Gasteiger partial charge in [0.1, 0.15) is 0 Å². The van der Waals surface area contributed by atoms with Crippen LogP contribution in [0.2, 0.25) is 0 Å². The Balaban J connectivity index is 2.02. The number of nitrogen functional groups attached to an aromatic ring is 1. The van der Waals surface area contributed by atoms with Crippen molar-refractivity contribution in [3.63, 3.8) is 0 Å². The molecule has 1 heterocycles. The number of ether oxygens (including phenoxy) is 2. The highest BCUT2D eigenvalue weighted by Crippen LogP contribution is 2.21. The van der Waals surface area contributed by atoms with Gasteiger partial charge in [0.2, 0.25) is 0 Å². The first-order valence-corrected chi connectivity index (χ1v) is 6.62. The lowest BCUT2D eigenvalue weighted by molar-refractivity contribution is -0.0818. The number of benzene rings is 1. The van der Waals surface area contributed by atoms with Crippen LogP contribution < -0.4 is 11.1 Å². The van der Waals surface area contributed by atoms with Crippen LogP contribution in [0.1, 0.15) is 10.4 Å². The van der Waals surface area contributed by atoms with Crippen molar-refractivity contribution in [2.45, 2.75) is 6.10 Å². The van der Waals surface area contributed by atoms with Gasteiger partial charge in [-0.25, -0.2) is 0 Å². The maximum absolute atomic E-state index is 11.9. The Bertz CT molecular complexity index is 471. The molecular formula is C14H21N3O3. The molecule has 0 saturated carbocycles. The van der Waals surface area contributed by atoms with Crippen LogP contribution in [-0.2, 0) is 9.47 Å². The molecule has 0 bridgehead atoms. The predicted molar refractivity (Wildman–Crippen MR) is 77.9 cm³/mol. The number of anilines is 2. The Morgan fingerprint density at radius 1 is 1.45 bits per heavy atom. The minimum atomic E-state index is -0.0506. The van der Waals surface area contributed by atoms with Crippen LogP contribution in [0.15, 0.2) is 18.2 Å². The standard InChI is InChI=1S/C14H21N3O3/c1-17(2)14(18)10-3-4-12(15)13(7-10)16-8-11-9-19-5-6-20-11/h3-4,7,11,16H,5-6,8-9,15H2,1-2H3. The van der Waals surface area contributed by atoms with Crippen molar-refractivity contribution in [1.82, 2.24) is 4.90 Å². The summed E-state index contributed by atoms with van der Waals surface area (Å²) in [5.74, 6) is -0.0506. The fraction of sp³-hybridized carbons (Fsp3) is 0.500. The molecule has 110 valence electrons. The monoisotopic (exact) mass is 279 g/mol. The molecule has 1 aliphatic rings. The summed E-state index contributed by atoms with van der Waals surface area (Å²) in [5, 5.41) is 3.22. The van der Waals surface area contributed by atoms with Gasteiger partial charge in [-0.05, 0) is 18.2 Å². The van der Waals surface area contributed by atoms with Gasteiger partial charge in [-0.15, -0.1) is 0 Å². The number of amides is 1. The van der Waals surface area contributed by atoms with E-state index in [-0.39, 0.29) is 12.0 Å². The average molecular weight is 279 g/mol. The molecule has 2 rings (SSSR count). The normalized spacial score (nSPS) is 18.6. The van der Waals surface area contributed by atoms with Gasteiger partial charge in [0.15, 0.2) is 0 Å². The third-order valence-corrected chi connectivity index (χ3v) is 3.11. The number of carbonyl (C=O) groups is 1. The lowest BCUT2D eigenvalue weighted by Crippen LogP contribution is -2.34. The van der Waals surface area contributed by atoms with E-state index in [4.69, 9.17) is 15.2 Å². The smallest absolute Gasteiger partial charge is 0.253 e. The highest BCUT2D eigenvalue weighted by molar-refractivity contribution is 5.95. The van der Waals surface area contributed by atoms with E-state index in [1.54, 1.807) is 32.3 Å². The minimum Gasteiger partial charge on any atom is -0.397 e. The van der Waals surface area contributed by atoms with Crippen LogP contribution in [-0.4, -0.2) is 57.4 Å².